The lowest BCUT2D eigenvalue weighted by molar-refractivity contribution is -0.130. The molecule has 3 heterocycles. The number of halogens is 1. The number of nitrogens with zero attached hydrogens (tertiary/aromatic N) is 2. The van der Waals surface area contributed by atoms with Gasteiger partial charge in [0.05, 0.1) is 47.0 Å². The molecule has 14 heteroatoms. The van der Waals surface area contributed by atoms with Gasteiger partial charge in [-0.3, -0.25) is 23.5 Å². The van der Waals surface area contributed by atoms with Crippen LogP contribution in [0.4, 0.5) is 5.82 Å². The van der Waals surface area contributed by atoms with E-state index in [0.29, 0.717) is 17.0 Å². The number of ether oxygens (including phenoxy) is 6. The Morgan fingerprint density at radius 2 is 1.52 bits per heavy atom. The van der Waals surface area contributed by atoms with Crippen LogP contribution in [0, 0.1) is 5.92 Å². The number of rotatable bonds is 6. The van der Waals surface area contributed by atoms with Gasteiger partial charge in [0.15, 0.2) is 17.2 Å². The molecule has 0 amide bonds. The van der Waals surface area contributed by atoms with Crippen molar-refractivity contribution >= 4 is 29.0 Å². The first kappa shape index (κ1) is 31.1. The Kier molecular flexibility index (Phi) is 7.34. The van der Waals surface area contributed by atoms with E-state index in [9.17, 15) is 14.4 Å². The Hall–Kier alpha value is -4.91. The van der Waals surface area contributed by atoms with Crippen LogP contribution in [0.25, 0.3) is 0 Å². The van der Waals surface area contributed by atoms with Crippen molar-refractivity contribution in [1.29, 1.82) is 0 Å². The van der Waals surface area contributed by atoms with E-state index in [1.54, 1.807) is 19.1 Å². The Morgan fingerprint density at radius 3 is 2.13 bits per heavy atom. The zero-order valence-corrected chi connectivity index (χ0v) is 27.2. The van der Waals surface area contributed by atoms with Gasteiger partial charge in [0.25, 0.3) is 5.56 Å². The molecule has 46 heavy (non-hydrogen) atoms. The van der Waals surface area contributed by atoms with E-state index in [-0.39, 0.29) is 62.7 Å². The molecule has 3 aromatic rings. The zero-order chi connectivity index (χ0) is 33.4. The third kappa shape index (κ3) is 3.87. The lowest BCUT2D eigenvalue weighted by Gasteiger charge is -2.42. The van der Waals surface area contributed by atoms with Gasteiger partial charge in [-0.2, -0.15) is 0 Å². The fourth-order valence-corrected chi connectivity index (χ4v) is 7.12. The molecule has 2 aliphatic heterocycles. The minimum atomic E-state index is -2.06. The third-order valence-electron chi connectivity index (χ3n) is 9.12. The maximum atomic E-state index is 15.1. The van der Waals surface area contributed by atoms with Crippen LogP contribution in [-0.2, 0) is 18.9 Å². The molecule has 1 aromatic heterocycles. The van der Waals surface area contributed by atoms with Crippen molar-refractivity contribution in [2.75, 3.05) is 40.9 Å². The molecule has 6 rings (SSSR count). The number of ketones is 2. The fraction of sp³-hybridized carbons (Fsp3) is 0.375. The quantitative estimate of drug-likeness (QED) is 0.392. The van der Waals surface area contributed by atoms with Crippen LogP contribution in [0.2, 0.25) is 5.02 Å². The monoisotopic (exact) mass is 653 g/mol. The van der Waals surface area contributed by atoms with E-state index in [1.807, 2.05) is 0 Å². The van der Waals surface area contributed by atoms with Crippen LogP contribution >= 0.6 is 11.6 Å². The summed E-state index contributed by atoms with van der Waals surface area (Å²) in [5.74, 6) is -1.90. The van der Waals surface area contributed by atoms with Crippen molar-refractivity contribution in [2.45, 2.75) is 24.9 Å². The van der Waals surface area contributed by atoms with Gasteiger partial charge in [0.1, 0.15) is 27.9 Å². The van der Waals surface area contributed by atoms with Crippen LogP contribution in [-0.4, -0.2) is 61.9 Å². The van der Waals surface area contributed by atoms with E-state index in [4.69, 9.17) is 40.0 Å². The van der Waals surface area contributed by atoms with Crippen molar-refractivity contribution < 1.29 is 38.0 Å². The summed E-state index contributed by atoms with van der Waals surface area (Å²) in [5, 5.41) is 3.21. The number of Topliss-reactive ketones (excluding diaryl/α,β-unsaturated/α-hetero) is 2. The molecule has 2 aromatic carbocycles. The van der Waals surface area contributed by atoms with Crippen LogP contribution in [0.5, 0.6) is 34.5 Å². The molecule has 0 bridgehead atoms. The number of carbonyl (C=O) groups is 2. The summed E-state index contributed by atoms with van der Waals surface area (Å²) in [4.78, 5) is 56.6. The SMILES string of the molecule is COc1cc(OC)c2c(c1Cl)OC1(C(=O)C3=C(CC1C)Nc1c(c(=O)n(C)c(=O)n1C)C3c1ccc(OC)c(OC)c1OC)C2=O. The normalized spacial score (nSPS) is 21.2. The minimum absolute atomic E-state index is 0.0115. The number of aromatic nitrogens is 2. The standard InChI is InChI=1S/C32H32ClN3O10/c1-13-11-15-20(27(37)32(13)28(38)21-17(42-5)12-18(43-6)23(33)26(21)46-32)19(14-9-10-16(41-4)25(45-8)24(14)44-7)22-29(34-15)35(2)31(40)36(3)30(22)39/h9-10,12-13,19,34H,11H2,1-8H3. The molecule has 0 saturated heterocycles. The third-order valence-corrected chi connectivity index (χ3v) is 9.48. The number of nitrogens with one attached hydrogen (secondary N) is 1. The summed E-state index contributed by atoms with van der Waals surface area (Å²) in [5.41, 5.74) is -2.28. The second-order valence-electron chi connectivity index (χ2n) is 11.2. The van der Waals surface area contributed by atoms with Gasteiger partial charge in [0, 0.05) is 42.9 Å². The topological polar surface area (TPSA) is 146 Å². The molecule has 242 valence electrons. The van der Waals surface area contributed by atoms with Crippen LogP contribution < -0.4 is 45.0 Å². The molecule has 0 radical (unpaired) electrons. The molecule has 1 N–H and O–H groups in total. The summed E-state index contributed by atoms with van der Waals surface area (Å²) in [7, 11) is 10.00. The number of allylic oxidation sites excluding steroid dienone is 1. The lowest BCUT2D eigenvalue weighted by atomic mass is 9.65. The Balaban J connectivity index is 1.67. The van der Waals surface area contributed by atoms with Crippen molar-refractivity contribution in [3.05, 3.63) is 72.0 Å². The predicted molar refractivity (Wildman–Crippen MR) is 167 cm³/mol. The second-order valence-corrected chi connectivity index (χ2v) is 11.6. The average molecular weight is 654 g/mol. The molecule has 1 spiro atoms. The van der Waals surface area contributed by atoms with Crippen molar-refractivity contribution in [3.63, 3.8) is 0 Å². The first-order valence-electron chi connectivity index (χ1n) is 14.2. The Labute approximate surface area is 268 Å². The number of methoxy groups -OCH3 is 5. The van der Waals surface area contributed by atoms with E-state index in [1.165, 1.54) is 60.3 Å². The van der Waals surface area contributed by atoms with Crippen LogP contribution in [0.15, 0.2) is 39.1 Å². The number of anilines is 1. The van der Waals surface area contributed by atoms with Gasteiger partial charge in [-0.25, -0.2) is 4.79 Å². The molecule has 3 atom stereocenters. The first-order chi connectivity index (χ1) is 21.9. The van der Waals surface area contributed by atoms with Gasteiger partial charge >= 0.3 is 5.69 Å². The molecular formula is C32H32ClN3O10. The van der Waals surface area contributed by atoms with Gasteiger partial charge < -0.3 is 33.7 Å². The molecule has 1 aliphatic carbocycles. The molecule has 0 fully saturated rings. The Bertz CT molecular complexity index is 2010. The highest BCUT2D eigenvalue weighted by Crippen LogP contribution is 2.57. The number of hydrogen-bond donors (Lipinski definition) is 1. The van der Waals surface area contributed by atoms with Gasteiger partial charge in [-0.1, -0.05) is 24.6 Å². The smallest absolute Gasteiger partial charge is 0.332 e. The molecule has 3 aliphatic rings. The highest BCUT2D eigenvalue weighted by atomic mass is 35.5. The minimum Gasteiger partial charge on any atom is -0.496 e. The summed E-state index contributed by atoms with van der Waals surface area (Å²) >= 11 is 6.64. The van der Waals surface area contributed by atoms with E-state index >= 15 is 4.79 Å². The summed E-state index contributed by atoms with van der Waals surface area (Å²) in [6.07, 6.45) is 0.132. The number of hydrogen-bond acceptors (Lipinski definition) is 11. The highest BCUT2D eigenvalue weighted by molar-refractivity contribution is 6.36. The van der Waals surface area contributed by atoms with Gasteiger partial charge in [0.2, 0.25) is 22.9 Å². The fourth-order valence-electron chi connectivity index (χ4n) is 6.85. The maximum Gasteiger partial charge on any atom is 0.332 e. The van der Waals surface area contributed by atoms with Gasteiger partial charge in [-0.05, 0) is 12.5 Å². The van der Waals surface area contributed by atoms with E-state index in [2.05, 4.69) is 5.32 Å². The van der Waals surface area contributed by atoms with Crippen molar-refractivity contribution in [2.24, 2.45) is 20.0 Å². The largest absolute Gasteiger partial charge is 0.496 e. The number of carbonyl (C=O) groups excluding carboxylic acids is 2. The van der Waals surface area contributed by atoms with Crippen molar-refractivity contribution in [1.82, 2.24) is 9.13 Å². The predicted octanol–water partition coefficient (Wildman–Crippen LogP) is 3.21. The average Bonchev–Trinajstić information content (AvgIpc) is 3.38. The molecule has 13 nitrogen and oxygen atoms in total. The lowest BCUT2D eigenvalue weighted by Crippen LogP contribution is -2.58. The van der Waals surface area contributed by atoms with Gasteiger partial charge in [-0.15, -0.1) is 0 Å². The Morgan fingerprint density at radius 1 is 0.870 bits per heavy atom. The first-order valence-corrected chi connectivity index (χ1v) is 14.6. The molecule has 3 unspecified atom stereocenters. The molecular weight excluding hydrogens is 622 g/mol. The summed E-state index contributed by atoms with van der Waals surface area (Å²) in [6.45, 7) is 1.72. The summed E-state index contributed by atoms with van der Waals surface area (Å²) < 4.78 is 36.5. The summed E-state index contributed by atoms with van der Waals surface area (Å²) in [6, 6.07) is 4.74. The van der Waals surface area contributed by atoms with Crippen molar-refractivity contribution in [3.8, 4) is 34.5 Å². The van der Waals surface area contributed by atoms with Crippen LogP contribution in [0.3, 0.4) is 0 Å². The number of benzene rings is 2. The second kappa shape index (κ2) is 10.9. The molecule has 0 saturated carbocycles. The van der Waals surface area contributed by atoms with Crippen LogP contribution in [0.1, 0.15) is 40.7 Å². The highest BCUT2D eigenvalue weighted by Gasteiger charge is 2.64. The van der Waals surface area contributed by atoms with E-state index in [0.717, 1.165) is 4.57 Å². The zero-order valence-electron chi connectivity index (χ0n) is 26.4. The van der Waals surface area contributed by atoms with E-state index < -0.39 is 40.3 Å². The number of fused-ring (bicyclic) bond motifs is 2. The maximum absolute atomic E-state index is 15.1.